The fourth-order valence-corrected chi connectivity index (χ4v) is 3.74. The quantitative estimate of drug-likeness (QED) is 0.798. The summed E-state index contributed by atoms with van der Waals surface area (Å²) in [6, 6.07) is 4.53. The molecule has 2 unspecified atom stereocenters. The standard InChI is InChI=1S/C14H16Cl3NO/c15-8-4-12(16)14(17)13(5-8)19-11-6-9-2-1-3-10(7-11)18-9/h4-5,9-11,18H,1-3,6-7H2. The summed E-state index contributed by atoms with van der Waals surface area (Å²) in [6.07, 6.45) is 6.04. The lowest BCUT2D eigenvalue weighted by Gasteiger charge is -2.40. The predicted octanol–water partition coefficient (Wildman–Crippen LogP) is 4.70. The van der Waals surface area contributed by atoms with E-state index in [1.165, 1.54) is 19.3 Å². The van der Waals surface area contributed by atoms with Crippen LogP contribution in [0.2, 0.25) is 15.1 Å². The van der Waals surface area contributed by atoms with Gasteiger partial charge in [0.25, 0.3) is 0 Å². The summed E-state index contributed by atoms with van der Waals surface area (Å²) in [4.78, 5) is 0. The van der Waals surface area contributed by atoms with Crippen LogP contribution in [0.3, 0.4) is 0 Å². The van der Waals surface area contributed by atoms with Crippen molar-refractivity contribution in [3.05, 3.63) is 27.2 Å². The van der Waals surface area contributed by atoms with Crippen molar-refractivity contribution in [3.63, 3.8) is 0 Å². The Kier molecular flexibility index (Phi) is 4.14. The number of halogens is 3. The second-order valence-corrected chi connectivity index (χ2v) is 6.62. The predicted molar refractivity (Wildman–Crippen MR) is 79.7 cm³/mol. The van der Waals surface area contributed by atoms with Gasteiger partial charge < -0.3 is 10.1 Å². The van der Waals surface area contributed by atoms with Gasteiger partial charge in [-0.2, -0.15) is 0 Å². The Morgan fingerprint density at radius 3 is 2.42 bits per heavy atom. The van der Waals surface area contributed by atoms with Crippen LogP contribution >= 0.6 is 34.8 Å². The number of piperidine rings is 2. The highest BCUT2D eigenvalue weighted by Crippen LogP contribution is 2.37. The molecular weight excluding hydrogens is 305 g/mol. The summed E-state index contributed by atoms with van der Waals surface area (Å²) in [7, 11) is 0. The van der Waals surface area contributed by atoms with E-state index in [1.807, 2.05) is 0 Å². The van der Waals surface area contributed by atoms with Crippen LogP contribution in [-0.4, -0.2) is 18.2 Å². The smallest absolute Gasteiger partial charge is 0.141 e. The molecule has 2 aliphatic rings. The number of hydrogen-bond donors (Lipinski definition) is 1. The van der Waals surface area contributed by atoms with E-state index in [9.17, 15) is 0 Å². The molecule has 2 atom stereocenters. The lowest BCUT2D eigenvalue weighted by atomic mass is 9.85. The van der Waals surface area contributed by atoms with Crippen molar-refractivity contribution < 1.29 is 4.74 Å². The Labute approximate surface area is 128 Å². The molecule has 5 heteroatoms. The molecule has 0 saturated carbocycles. The van der Waals surface area contributed by atoms with Crippen molar-refractivity contribution in [2.45, 2.75) is 50.3 Å². The number of ether oxygens (including phenoxy) is 1. The van der Waals surface area contributed by atoms with Gasteiger partial charge in [-0.1, -0.05) is 41.2 Å². The lowest BCUT2D eigenvalue weighted by Crippen LogP contribution is -2.51. The summed E-state index contributed by atoms with van der Waals surface area (Å²) in [5.41, 5.74) is 0. The van der Waals surface area contributed by atoms with Crippen LogP contribution in [0.5, 0.6) is 5.75 Å². The molecule has 2 aliphatic heterocycles. The fraction of sp³-hybridized carbons (Fsp3) is 0.571. The molecule has 104 valence electrons. The number of benzene rings is 1. The Morgan fingerprint density at radius 2 is 1.74 bits per heavy atom. The molecule has 0 aliphatic carbocycles. The van der Waals surface area contributed by atoms with Gasteiger partial charge in [0.05, 0.1) is 5.02 Å². The highest BCUT2D eigenvalue weighted by Gasteiger charge is 2.32. The van der Waals surface area contributed by atoms with Gasteiger partial charge in [-0.25, -0.2) is 0 Å². The normalized spacial score (nSPS) is 30.2. The van der Waals surface area contributed by atoms with Gasteiger partial charge in [0.15, 0.2) is 0 Å². The third-order valence-electron chi connectivity index (χ3n) is 3.92. The molecule has 1 aromatic carbocycles. The zero-order chi connectivity index (χ0) is 13.4. The maximum atomic E-state index is 6.17. The van der Waals surface area contributed by atoms with Crippen LogP contribution in [0.15, 0.2) is 12.1 Å². The van der Waals surface area contributed by atoms with Crippen LogP contribution in [0.4, 0.5) is 0 Å². The molecule has 0 aromatic heterocycles. The van der Waals surface area contributed by atoms with E-state index >= 15 is 0 Å². The zero-order valence-corrected chi connectivity index (χ0v) is 12.7. The Morgan fingerprint density at radius 1 is 1.05 bits per heavy atom. The van der Waals surface area contributed by atoms with Crippen LogP contribution in [-0.2, 0) is 0 Å². The molecular formula is C14H16Cl3NO. The number of rotatable bonds is 2. The molecule has 0 radical (unpaired) electrons. The van der Waals surface area contributed by atoms with Crippen LogP contribution in [0.1, 0.15) is 32.1 Å². The number of fused-ring (bicyclic) bond motifs is 2. The largest absolute Gasteiger partial charge is 0.489 e. The van der Waals surface area contributed by atoms with E-state index in [2.05, 4.69) is 5.32 Å². The van der Waals surface area contributed by atoms with Crippen molar-refractivity contribution in [3.8, 4) is 5.75 Å². The molecule has 2 bridgehead atoms. The first-order chi connectivity index (χ1) is 9.11. The van der Waals surface area contributed by atoms with E-state index in [1.54, 1.807) is 12.1 Å². The van der Waals surface area contributed by atoms with E-state index in [4.69, 9.17) is 39.5 Å². The number of nitrogens with one attached hydrogen (secondary N) is 1. The summed E-state index contributed by atoms with van der Waals surface area (Å²) in [5, 5.41) is 5.09. The third kappa shape index (κ3) is 3.13. The summed E-state index contributed by atoms with van der Waals surface area (Å²) in [5.74, 6) is 0.601. The van der Waals surface area contributed by atoms with Crippen molar-refractivity contribution in [1.82, 2.24) is 5.32 Å². The zero-order valence-electron chi connectivity index (χ0n) is 10.5. The Bertz CT molecular complexity index is 468. The molecule has 2 heterocycles. The van der Waals surface area contributed by atoms with Crippen molar-refractivity contribution in [1.29, 1.82) is 0 Å². The second-order valence-electron chi connectivity index (χ2n) is 5.40. The van der Waals surface area contributed by atoms with Gasteiger partial charge in [0.2, 0.25) is 0 Å². The maximum Gasteiger partial charge on any atom is 0.141 e. The van der Waals surface area contributed by atoms with E-state index in [0.29, 0.717) is 32.9 Å². The van der Waals surface area contributed by atoms with Crippen molar-refractivity contribution in [2.24, 2.45) is 0 Å². The second kappa shape index (κ2) is 5.69. The fourth-order valence-electron chi connectivity index (χ4n) is 3.11. The molecule has 2 fully saturated rings. The SMILES string of the molecule is Clc1cc(Cl)c(Cl)c(OC2CC3CCCC(C2)N3)c1. The first-order valence-corrected chi connectivity index (χ1v) is 7.82. The van der Waals surface area contributed by atoms with Crippen LogP contribution in [0, 0.1) is 0 Å². The maximum absolute atomic E-state index is 6.17. The molecule has 2 saturated heterocycles. The molecule has 3 rings (SSSR count). The van der Waals surface area contributed by atoms with Crippen molar-refractivity contribution >= 4 is 34.8 Å². The highest BCUT2D eigenvalue weighted by atomic mass is 35.5. The van der Waals surface area contributed by atoms with Gasteiger partial charge in [-0.3, -0.25) is 0 Å². The summed E-state index contributed by atoms with van der Waals surface area (Å²) < 4.78 is 6.04. The monoisotopic (exact) mass is 319 g/mol. The highest BCUT2D eigenvalue weighted by molar-refractivity contribution is 6.44. The molecule has 19 heavy (non-hydrogen) atoms. The van der Waals surface area contributed by atoms with Gasteiger partial charge >= 0.3 is 0 Å². The van der Waals surface area contributed by atoms with Crippen molar-refractivity contribution in [2.75, 3.05) is 0 Å². The molecule has 0 spiro atoms. The molecule has 0 amide bonds. The lowest BCUT2D eigenvalue weighted by molar-refractivity contribution is 0.0928. The van der Waals surface area contributed by atoms with Gasteiger partial charge in [-0.15, -0.1) is 0 Å². The van der Waals surface area contributed by atoms with Gasteiger partial charge in [0.1, 0.15) is 16.9 Å². The molecule has 1 N–H and O–H groups in total. The Hall–Kier alpha value is -0.150. The topological polar surface area (TPSA) is 21.3 Å². The minimum absolute atomic E-state index is 0.198. The first kappa shape index (κ1) is 13.8. The van der Waals surface area contributed by atoms with Crippen LogP contribution in [0.25, 0.3) is 0 Å². The Balaban J connectivity index is 1.74. The average Bonchev–Trinajstić information content (AvgIpc) is 2.35. The average molecular weight is 321 g/mol. The third-order valence-corrected chi connectivity index (χ3v) is 4.93. The van der Waals surface area contributed by atoms with E-state index in [-0.39, 0.29) is 6.10 Å². The first-order valence-electron chi connectivity index (χ1n) is 6.69. The minimum Gasteiger partial charge on any atom is -0.489 e. The van der Waals surface area contributed by atoms with Crippen LogP contribution < -0.4 is 10.1 Å². The molecule has 2 nitrogen and oxygen atoms in total. The molecule has 1 aromatic rings. The minimum atomic E-state index is 0.198. The number of hydrogen-bond acceptors (Lipinski definition) is 2. The van der Waals surface area contributed by atoms with Gasteiger partial charge in [0, 0.05) is 23.2 Å². The van der Waals surface area contributed by atoms with E-state index < -0.39 is 0 Å². The van der Waals surface area contributed by atoms with Gasteiger partial charge in [-0.05, 0) is 31.7 Å². The summed E-state index contributed by atoms with van der Waals surface area (Å²) >= 11 is 18.2. The summed E-state index contributed by atoms with van der Waals surface area (Å²) in [6.45, 7) is 0. The van der Waals surface area contributed by atoms with E-state index in [0.717, 1.165) is 12.8 Å².